The average Bonchev–Trinajstić information content (AvgIpc) is 3.24. The van der Waals surface area contributed by atoms with Gasteiger partial charge in [-0.3, -0.25) is 4.99 Å². The largest absolute Gasteiger partial charge is 0.353 e. The lowest BCUT2D eigenvalue weighted by atomic mass is 10.1. The maximum absolute atomic E-state index is 4.47. The Kier molecular flexibility index (Phi) is 7.20. The van der Waals surface area contributed by atoms with Crippen LogP contribution in [0.3, 0.4) is 0 Å². The highest BCUT2D eigenvalue weighted by Gasteiger charge is 2.27. The molecule has 2 aliphatic rings. The minimum Gasteiger partial charge on any atom is -0.353 e. The van der Waals surface area contributed by atoms with Crippen LogP contribution in [-0.2, 0) is 13.6 Å². The highest BCUT2D eigenvalue weighted by molar-refractivity contribution is 14.0. The van der Waals surface area contributed by atoms with E-state index in [9.17, 15) is 0 Å². The van der Waals surface area contributed by atoms with Crippen LogP contribution < -0.4 is 5.32 Å². The van der Waals surface area contributed by atoms with Crippen LogP contribution >= 0.6 is 24.0 Å². The van der Waals surface area contributed by atoms with Gasteiger partial charge in [-0.05, 0) is 50.4 Å². The van der Waals surface area contributed by atoms with Crippen molar-refractivity contribution in [2.45, 2.75) is 25.8 Å². The lowest BCUT2D eigenvalue weighted by Gasteiger charge is -2.23. The first-order valence-corrected chi connectivity index (χ1v) is 8.54. The highest BCUT2D eigenvalue weighted by Crippen LogP contribution is 2.20. The number of nitrogens with one attached hydrogen (secondary N) is 1. The molecule has 0 amide bonds. The molecule has 1 atom stereocenters. The van der Waals surface area contributed by atoms with E-state index in [-0.39, 0.29) is 24.0 Å². The number of likely N-dealkylation sites (tertiary alicyclic amines) is 2. The van der Waals surface area contributed by atoms with Gasteiger partial charge in [0.25, 0.3) is 0 Å². The van der Waals surface area contributed by atoms with Crippen LogP contribution in [0.1, 0.15) is 25.0 Å². The standard InChI is InChI=1S/C17H29N5.HI/c1-18-17(19-12-16-6-5-8-20(16)2)22-11-7-15(14-22)13-21-9-3-4-10-21;/h5-6,8,15H,3-4,7,9-14H2,1-2H3,(H,18,19);1H. The molecule has 2 saturated heterocycles. The summed E-state index contributed by atoms with van der Waals surface area (Å²) < 4.78 is 2.15. The van der Waals surface area contributed by atoms with Crippen LogP contribution in [0.2, 0.25) is 0 Å². The van der Waals surface area contributed by atoms with E-state index in [2.05, 4.69) is 50.1 Å². The summed E-state index contributed by atoms with van der Waals surface area (Å²) in [5.41, 5.74) is 1.29. The van der Waals surface area contributed by atoms with E-state index in [1.165, 1.54) is 44.6 Å². The average molecular weight is 431 g/mol. The quantitative estimate of drug-likeness (QED) is 0.451. The number of aromatic nitrogens is 1. The summed E-state index contributed by atoms with van der Waals surface area (Å²) in [6, 6.07) is 4.24. The summed E-state index contributed by atoms with van der Waals surface area (Å²) in [5.74, 6) is 1.84. The van der Waals surface area contributed by atoms with Gasteiger partial charge in [-0.1, -0.05) is 0 Å². The summed E-state index contributed by atoms with van der Waals surface area (Å²) in [7, 11) is 3.98. The Bertz CT molecular complexity index is 507. The van der Waals surface area contributed by atoms with E-state index in [4.69, 9.17) is 0 Å². The van der Waals surface area contributed by atoms with Crippen LogP contribution in [-0.4, -0.2) is 60.1 Å². The molecule has 5 nitrogen and oxygen atoms in total. The lowest BCUT2D eigenvalue weighted by Crippen LogP contribution is -2.40. The van der Waals surface area contributed by atoms with Crippen molar-refractivity contribution < 1.29 is 0 Å². The molecule has 3 rings (SSSR count). The maximum atomic E-state index is 4.47. The Morgan fingerprint density at radius 3 is 2.74 bits per heavy atom. The van der Waals surface area contributed by atoms with Gasteiger partial charge in [-0.25, -0.2) is 0 Å². The van der Waals surface area contributed by atoms with Gasteiger partial charge in [0.2, 0.25) is 0 Å². The SMILES string of the molecule is CN=C(NCc1cccn1C)N1CCC(CN2CCCC2)C1.I. The molecular formula is C17H30IN5. The molecule has 6 heteroatoms. The van der Waals surface area contributed by atoms with Crippen LogP contribution in [0.25, 0.3) is 0 Å². The fourth-order valence-electron chi connectivity index (χ4n) is 3.69. The number of halogens is 1. The number of rotatable bonds is 4. The maximum Gasteiger partial charge on any atom is 0.193 e. The Morgan fingerprint density at radius 2 is 2.09 bits per heavy atom. The number of guanidine groups is 1. The summed E-state index contributed by atoms with van der Waals surface area (Å²) >= 11 is 0. The van der Waals surface area contributed by atoms with E-state index in [0.29, 0.717) is 0 Å². The molecule has 3 heterocycles. The van der Waals surface area contributed by atoms with Gasteiger partial charge in [0.15, 0.2) is 5.96 Å². The second-order valence-corrected chi connectivity index (χ2v) is 6.62. The first-order chi connectivity index (χ1) is 10.8. The zero-order valence-electron chi connectivity index (χ0n) is 14.4. The Hall–Kier alpha value is -0.760. The first kappa shape index (κ1) is 18.6. The molecule has 1 unspecified atom stereocenters. The topological polar surface area (TPSA) is 35.8 Å². The zero-order valence-corrected chi connectivity index (χ0v) is 16.7. The number of aryl methyl sites for hydroxylation is 1. The fraction of sp³-hybridized carbons (Fsp3) is 0.706. The van der Waals surface area contributed by atoms with Gasteiger partial charge < -0.3 is 19.7 Å². The zero-order chi connectivity index (χ0) is 15.4. The summed E-state index contributed by atoms with van der Waals surface area (Å²) in [6.07, 6.45) is 6.15. The molecule has 2 aliphatic heterocycles. The van der Waals surface area contributed by atoms with E-state index in [0.717, 1.165) is 31.5 Å². The van der Waals surface area contributed by atoms with Gasteiger partial charge >= 0.3 is 0 Å². The second kappa shape index (κ2) is 8.92. The van der Waals surface area contributed by atoms with Crippen molar-refractivity contribution in [3.8, 4) is 0 Å². The molecule has 0 radical (unpaired) electrons. The molecule has 1 aromatic heterocycles. The fourth-order valence-corrected chi connectivity index (χ4v) is 3.69. The normalized spacial score (nSPS) is 22.4. The number of nitrogens with zero attached hydrogens (tertiary/aromatic N) is 4. The van der Waals surface area contributed by atoms with Crippen molar-refractivity contribution in [1.29, 1.82) is 0 Å². The van der Waals surface area contributed by atoms with Crippen molar-refractivity contribution in [2.75, 3.05) is 39.8 Å². The predicted octanol–water partition coefficient (Wildman–Crippen LogP) is 2.14. The molecule has 0 spiro atoms. The van der Waals surface area contributed by atoms with Gasteiger partial charge in [0.05, 0.1) is 6.54 Å². The number of aliphatic imine (C=N–C) groups is 1. The van der Waals surface area contributed by atoms with Crippen LogP contribution in [0, 0.1) is 5.92 Å². The summed E-state index contributed by atoms with van der Waals surface area (Å²) in [6.45, 7) is 6.98. The monoisotopic (exact) mass is 431 g/mol. The van der Waals surface area contributed by atoms with Crippen molar-refractivity contribution in [3.05, 3.63) is 24.0 Å². The minimum absolute atomic E-state index is 0. The number of hydrogen-bond acceptors (Lipinski definition) is 2. The molecule has 0 bridgehead atoms. The molecule has 0 saturated carbocycles. The molecule has 0 aliphatic carbocycles. The van der Waals surface area contributed by atoms with Gasteiger partial charge in [-0.2, -0.15) is 0 Å². The Balaban J connectivity index is 0.00000192. The summed E-state index contributed by atoms with van der Waals surface area (Å²) in [4.78, 5) is 9.53. The van der Waals surface area contributed by atoms with Crippen LogP contribution in [0.15, 0.2) is 23.3 Å². The third-order valence-electron chi connectivity index (χ3n) is 4.99. The van der Waals surface area contributed by atoms with E-state index in [1.54, 1.807) is 0 Å². The van der Waals surface area contributed by atoms with Crippen molar-refractivity contribution in [1.82, 2.24) is 19.7 Å². The number of hydrogen-bond donors (Lipinski definition) is 1. The molecule has 23 heavy (non-hydrogen) atoms. The molecule has 1 aromatic rings. The van der Waals surface area contributed by atoms with Crippen LogP contribution in [0.5, 0.6) is 0 Å². The van der Waals surface area contributed by atoms with Crippen molar-refractivity contribution in [2.24, 2.45) is 18.0 Å². The molecule has 0 aromatic carbocycles. The molecular weight excluding hydrogens is 401 g/mol. The summed E-state index contributed by atoms with van der Waals surface area (Å²) in [5, 5.41) is 3.51. The lowest BCUT2D eigenvalue weighted by molar-refractivity contribution is 0.281. The third-order valence-corrected chi connectivity index (χ3v) is 4.99. The smallest absolute Gasteiger partial charge is 0.193 e. The van der Waals surface area contributed by atoms with Gasteiger partial charge in [0.1, 0.15) is 0 Å². The molecule has 1 N–H and O–H groups in total. The Labute approximate surface area is 157 Å². The van der Waals surface area contributed by atoms with E-state index < -0.39 is 0 Å². The molecule has 130 valence electrons. The highest BCUT2D eigenvalue weighted by atomic mass is 127. The van der Waals surface area contributed by atoms with E-state index >= 15 is 0 Å². The van der Waals surface area contributed by atoms with Crippen molar-refractivity contribution in [3.63, 3.8) is 0 Å². The van der Waals surface area contributed by atoms with Gasteiger partial charge in [-0.15, -0.1) is 24.0 Å². The first-order valence-electron chi connectivity index (χ1n) is 8.54. The molecule has 2 fully saturated rings. The minimum atomic E-state index is 0. The van der Waals surface area contributed by atoms with Gasteiger partial charge in [0, 0.05) is 45.6 Å². The predicted molar refractivity (Wildman–Crippen MR) is 106 cm³/mol. The van der Waals surface area contributed by atoms with Crippen LogP contribution in [0.4, 0.5) is 0 Å². The second-order valence-electron chi connectivity index (χ2n) is 6.62. The van der Waals surface area contributed by atoms with E-state index in [1.807, 2.05) is 7.05 Å². The van der Waals surface area contributed by atoms with Crippen molar-refractivity contribution >= 4 is 29.9 Å². The third kappa shape index (κ3) is 4.86. The Morgan fingerprint density at radius 1 is 1.30 bits per heavy atom.